The van der Waals surface area contributed by atoms with E-state index in [9.17, 15) is 14.4 Å². The summed E-state index contributed by atoms with van der Waals surface area (Å²) in [5, 5.41) is 5.46. The Morgan fingerprint density at radius 3 is 2.26 bits per heavy atom. The highest BCUT2D eigenvalue weighted by molar-refractivity contribution is 6.33. The van der Waals surface area contributed by atoms with Crippen LogP contribution >= 0.6 is 11.6 Å². The van der Waals surface area contributed by atoms with Crippen molar-refractivity contribution >= 4 is 34.9 Å². The molecule has 0 aromatic heterocycles. The van der Waals surface area contributed by atoms with Crippen molar-refractivity contribution in [3.05, 3.63) is 64.7 Å². The van der Waals surface area contributed by atoms with Gasteiger partial charge in [-0.15, -0.1) is 0 Å². The standard InChI is InChI=1S/C17H15ClN2O3/c1-11(21)12-6-8-13(9-7-12)20-16(22)10-19-17(23)14-4-2-3-5-15(14)18/h2-9H,10H2,1H3,(H,19,23)(H,20,22). The Labute approximate surface area is 138 Å². The van der Waals surface area contributed by atoms with E-state index in [1.54, 1.807) is 48.5 Å². The quantitative estimate of drug-likeness (QED) is 0.828. The maximum atomic E-state index is 11.9. The minimum atomic E-state index is -0.419. The summed E-state index contributed by atoms with van der Waals surface area (Å²) < 4.78 is 0. The lowest BCUT2D eigenvalue weighted by atomic mass is 10.1. The summed E-state index contributed by atoms with van der Waals surface area (Å²) in [6, 6.07) is 13.1. The molecular formula is C17H15ClN2O3. The fraction of sp³-hybridized carbons (Fsp3) is 0.118. The van der Waals surface area contributed by atoms with Crippen molar-refractivity contribution in [2.75, 3.05) is 11.9 Å². The SMILES string of the molecule is CC(=O)c1ccc(NC(=O)CNC(=O)c2ccccc2Cl)cc1. The summed E-state index contributed by atoms with van der Waals surface area (Å²) in [5.41, 5.74) is 1.43. The minimum Gasteiger partial charge on any atom is -0.343 e. The zero-order chi connectivity index (χ0) is 16.8. The molecule has 0 saturated carbocycles. The molecule has 0 spiro atoms. The molecule has 0 bridgehead atoms. The van der Waals surface area contributed by atoms with Crippen molar-refractivity contribution in [2.45, 2.75) is 6.92 Å². The fourth-order valence-electron chi connectivity index (χ4n) is 1.89. The van der Waals surface area contributed by atoms with Gasteiger partial charge in [0, 0.05) is 11.3 Å². The first-order valence-corrected chi connectivity index (χ1v) is 7.29. The van der Waals surface area contributed by atoms with Gasteiger partial charge in [0.05, 0.1) is 17.1 Å². The molecule has 0 radical (unpaired) electrons. The number of ketones is 1. The number of hydrogen-bond acceptors (Lipinski definition) is 3. The molecule has 2 N–H and O–H groups in total. The van der Waals surface area contributed by atoms with Crippen molar-refractivity contribution in [1.82, 2.24) is 5.32 Å². The van der Waals surface area contributed by atoms with Crippen LogP contribution < -0.4 is 10.6 Å². The number of amides is 2. The number of halogens is 1. The van der Waals surface area contributed by atoms with Crippen molar-refractivity contribution in [1.29, 1.82) is 0 Å². The molecule has 6 heteroatoms. The fourth-order valence-corrected chi connectivity index (χ4v) is 2.12. The van der Waals surface area contributed by atoms with Crippen molar-refractivity contribution < 1.29 is 14.4 Å². The van der Waals surface area contributed by atoms with Crippen LogP contribution in [0.15, 0.2) is 48.5 Å². The van der Waals surface area contributed by atoms with Gasteiger partial charge in [0.15, 0.2) is 5.78 Å². The Balaban J connectivity index is 1.89. The van der Waals surface area contributed by atoms with Gasteiger partial charge in [0.25, 0.3) is 5.91 Å². The molecule has 0 fully saturated rings. The summed E-state index contributed by atoms with van der Waals surface area (Å²) in [5.74, 6) is -0.839. The van der Waals surface area contributed by atoms with Gasteiger partial charge >= 0.3 is 0 Å². The molecule has 2 rings (SSSR count). The molecule has 0 aliphatic heterocycles. The number of hydrogen-bond donors (Lipinski definition) is 2. The van der Waals surface area contributed by atoms with Gasteiger partial charge in [0.1, 0.15) is 0 Å². The maximum absolute atomic E-state index is 11.9. The third-order valence-electron chi connectivity index (χ3n) is 3.10. The molecule has 23 heavy (non-hydrogen) atoms. The van der Waals surface area contributed by atoms with Crippen molar-refractivity contribution in [3.63, 3.8) is 0 Å². The summed E-state index contributed by atoms with van der Waals surface area (Å²) in [6.45, 7) is 1.29. The Morgan fingerprint density at radius 1 is 1.00 bits per heavy atom. The number of carbonyl (C=O) groups excluding carboxylic acids is 3. The van der Waals surface area contributed by atoms with Crippen LogP contribution in [0.1, 0.15) is 27.6 Å². The van der Waals surface area contributed by atoms with Crippen LogP contribution in [-0.4, -0.2) is 24.1 Å². The van der Waals surface area contributed by atoms with Crippen LogP contribution in [0.25, 0.3) is 0 Å². The van der Waals surface area contributed by atoms with Gasteiger partial charge in [-0.05, 0) is 43.3 Å². The predicted molar refractivity (Wildman–Crippen MR) is 88.9 cm³/mol. The Kier molecular flexibility index (Phi) is 5.49. The molecule has 0 saturated heterocycles. The molecule has 0 heterocycles. The van der Waals surface area contributed by atoms with Gasteiger partial charge in [-0.25, -0.2) is 0 Å². The summed E-state index contributed by atoms with van der Waals surface area (Å²) in [4.78, 5) is 34.9. The topological polar surface area (TPSA) is 75.3 Å². The van der Waals surface area contributed by atoms with Gasteiger partial charge in [-0.3, -0.25) is 14.4 Å². The summed E-state index contributed by atoms with van der Waals surface area (Å²) in [6.07, 6.45) is 0. The summed E-state index contributed by atoms with van der Waals surface area (Å²) >= 11 is 5.92. The van der Waals surface area contributed by atoms with E-state index in [1.807, 2.05) is 0 Å². The zero-order valence-corrected chi connectivity index (χ0v) is 13.2. The lowest BCUT2D eigenvalue weighted by molar-refractivity contribution is -0.115. The number of rotatable bonds is 5. The molecule has 0 aliphatic carbocycles. The highest BCUT2D eigenvalue weighted by Crippen LogP contribution is 2.14. The zero-order valence-electron chi connectivity index (χ0n) is 12.4. The molecule has 2 aromatic carbocycles. The first kappa shape index (κ1) is 16.7. The van der Waals surface area contributed by atoms with Gasteiger partial charge in [-0.1, -0.05) is 23.7 Å². The van der Waals surface area contributed by atoms with Crippen molar-refractivity contribution in [3.8, 4) is 0 Å². The largest absolute Gasteiger partial charge is 0.343 e. The smallest absolute Gasteiger partial charge is 0.253 e. The van der Waals surface area contributed by atoms with Crippen LogP contribution in [0.4, 0.5) is 5.69 Å². The molecule has 0 aliphatic rings. The number of anilines is 1. The molecule has 2 amide bonds. The molecule has 118 valence electrons. The highest BCUT2D eigenvalue weighted by atomic mass is 35.5. The van der Waals surface area contributed by atoms with E-state index < -0.39 is 5.91 Å². The molecule has 5 nitrogen and oxygen atoms in total. The van der Waals surface area contributed by atoms with Crippen LogP contribution in [0, 0.1) is 0 Å². The first-order chi connectivity index (χ1) is 11.0. The van der Waals surface area contributed by atoms with E-state index in [4.69, 9.17) is 11.6 Å². The third-order valence-corrected chi connectivity index (χ3v) is 3.43. The average molecular weight is 331 g/mol. The lowest BCUT2D eigenvalue weighted by Gasteiger charge is -2.08. The molecule has 2 aromatic rings. The normalized spacial score (nSPS) is 10.0. The Bertz CT molecular complexity index is 742. The van der Waals surface area contributed by atoms with E-state index >= 15 is 0 Å². The summed E-state index contributed by atoms with van der Waals surface area (Å²) in [7, 11) is 0. The van der Waals surface area contributed by atoms with Gasteiger partial charge in [0.2, 0.25) is 5.91 Å². The molecular weight excluding hydrogens is 316 g/mol. The van der Waals surface area contributed by atoms with Gasteiger partial charge in [-0.2, -0.15) is 0 Å². The van der Waals surface area contributed by atoms with Crippen LogP contribution in [0.5, 0.6) is 0 Å². The van der Waals surface area contributed by atoms with Crippen molar-refractivity contribution in [2.24, 2.45) is 0 Å². The monoisotopic (exact) mass is 330 g/mol. The number of carbonyl (C=O) groups is 3. The maximum Gasteiger partial charge on any atom is 0.253 e. The predicted octanol–water partition coefficient (Wildman–Crippen LogP) is 2.91. The third kappa shape index (κ3) is 4.66. The second kappa shape index (κ2) is 7.56. The highest BCUT2D eigenvalue weighted by Gasteiger charge is 2.11. The number of Topliss-reactive ketones (excluding diaryl/α,β-unsaturated/α-hetero) is 1. The van der Waals surface area contributed by atoms with Gasteiger partial charge < -0.3 is 10.6 Å². The number of benzene rings is 2. The van der Waals surface area contributed by atoms with E-state index in [2.05, 4.69) is 10.6 Å². The lowest BCUT2D eigenvalue weighted by Crippen LogP contribution is -2.33. The first-order valence-electron chi connectivity index (χ1n) is 6.91. The number of nitrogens with one attached hydrogen (secondary N) is 2. The van der Waals surface area contributed by atoms with Crippen LogP contribution in [0.3, 0.4) is 0 Å². The van der Waals surface area contributed by atoms with Crippen LogP contribution in [0.2, 0.25) is 5.02 Å². The molecule has 0 unspecified atom stereocenters. The Morgan fingerprint density at radius 2 is 1.65 bits per heavy atom. The second-order valence-electron chi connectivity index (χ2n) is 4.84. The van der Waals surface area contributed by atoms with Crippen LogP contribution in [-0.2, 0) is 4.79 Å². The minimum absolute atomic E-state index is 0.0464. The van der Waals surface area contributed by atoms with E-state index in [-0.39, 0.29) is 18.2 Å². The second-order valence-corrected chi connectivity index (χ2v) is 5.25. The molecule has 0 atom stereocenters. The van der Waals surface area contributed by atoms with E-state index in [0.29, 0.717) is 21.8 Å². The average Bonchev–Trinajstić information content (AvgIpc) is 2.53. The van der Waals surface area contributed by atoms with E-state index in [1.165, 1.54) is 6.92 Å². The Hall–Kier alpha value is -2.66. The van der Waals surface area contributed by atoms with E-state index in [0.717, 1.165) is 0 Å².